The van der Waals surface area contributed by atoms with Gasteiger partial charge in [0.2, 0.25) is 5.91 Å². The predicted octanol–water partition coefficient (Wildman–Crippen LogP) is 2.79. The molecule has 1 aromatic carbocycles. The summed E-state index contributed by atoms with van der Waals surface area (Å²) in [5.74, 6) is -0.564. The van der Waals surface area contributed by atoms with Crippen molar-refractivity contribution in [2.45, 2.75) is 6.42 Å². The van der Waals surface area contributed by atoms with Gasteiger partial charge in [-0.2, -0.15) is 0 Å². The normalized spacial score (nSPS) is 10.1. The summed E-state index contributed by atoms with van der Waals surface area (Å²) in [7, 11) is 0. The number of carbonyl (C=O) groups is 2. The minimum absolute atomic E-state index is 0.00474. The summed E-state index contributed by atoms with van der Waals surface area (Å²) in [5.41, 5.74) is 0.0859. The van der Waals surface area contributed by atoms with Gasteiger partial charge >= 0.3 is 6.03 Å². The van der Waals surface area contributed by atoms with Gasteiger partial charge in [0.05, 0.1) is 11.5 Å². The summed E-state index contributed by atoms with van der Waals surface area (Å²) in [6, 6.07) is 7.38. The smallest absolute Gasteiger partial charge is 0.321 e. The van der Waals surface area contributed by atoms with Gasteiger partial charge in [-0.3, -0.25) is 20.2 Å². The summed E-state index contributed by atoms with van der Waals surface area (Å²) in [4.78, 5) is 34.6. The van der Waals surface area contributed by atoms with Crippen LogP contribution in [0.1, 0.15) is 4.88 Å². The van der Waals surface area contributed by atoms with Gasteiger partial charge in [-0.05, 0) is 30.0 Å². The van der Waals surface area contributed by atoms with Gasteiger partial charge in [0.25, 0.3) is 5.69 Å². The quantitative estimate of drug-likeness (QED) is 0.503. The molecule has 0 aliphatic carbocycles. The van der Waals surface area contributed by atoms with Crippen molar-refractivity contribution in [3.63, 3.8) is 0 Å². The van der Waals surface area contributed by atoms with Gasteiger partial charge in [-0.1, -0.05) is 17.7 Å². The van der Waals surface area contributed by atoms with E-state index in [0.29, 0.717) is 18.7 Å². The number of thiophene rings is 1. The highest BCUT2D eigenvalue weighted by Gasteiger charge is 2.13. The van der Waals surface area contributed by atoms with Gasteiger partial charge in [-0.25, -0.2) is 4.79 Å². The number of halogens is 1. The van der Waals surface area contributed by atoms with Crippen molar-refractivity contribution >= 4 is 46.3 Å². The van der Waals surface area contributed by atoms with E-state index in [1.807, 2.05) is 17.5 Å². The number of nitrogens with one attached hydrogen (secondary N) is 3. The number of urea groups is 1. The predicted molar refractivity (Wildman–Crippen MR) is 96.2 cm³/mol. The summed E-state index contributed by atoms with van der Waals surface area (Å²) >= 11 is 7.30. The number of carbonyl (C=O) groups excluding carboxylic acids is 2. The number of nitro groups is 1. The summed E-state index contributed by atoms with van der Waals surface area (Å²) in [6.07, 6.45) is 0.686. The lowest BCUT2D eigenvalue weighted by Gasteiger charge is -2.08. The molecule has 0 spiro atoms. The van der Waals surface area contributed by atoms with E-state index < -0.39 is 16.9 Å². The molecular weight excluding hydrogens is 368 g/mol. The van der Waals surface area contributed by atoms with E-state index in [0.717, 1.165) is 4.88 Å². The molecule has 1 aromatic heterocycles. The van der Waals surface area contributed by atoms with Gasteiger partial charge in [0.1, 0.15) is 5.02 Å². The van der Waals surface area contributed by atoms with E-state index in [-0.39, 0.29) is 17.3 Å². The number of imide groups is 1. The van der Waals surface area contributed by atoms with Crippen LogP contribution in [-0.4, -0.2) is 30.0 Å². The SMILES string of the molecule is O=C(CNc1ccc(Cl)c([N+](=O)[O-])c1)NC(=O)NCCc1cccs1. The zero-order valence-electron chi connectivity index (χ0n) is 13.0. The zero-order valence-corrected chi connectivity index (χ0v) is 14.5. The summed E-state index contributed by atoms with van der Waals surface area (Å²) in [5, 5.41) is 20.2. The van der Waals surface area contributed by atoms with Crippen molar-refractivity contribution in [3.05, 3.63) is 55.7 Å². The fourth-order valence-corrected chi connectivity index (χ4v) is 2.81. The first-order valence-electron chi connectivity index (χ1n) is 7.23. The van der Waals surface area contributed by atoms with Crippen molar-refractivity contribution in [1.29, 1.82) is 0 Å². The molecule has 3 amide bonds. The van der Waals surface area contributed by atoms with E-state index in [1.54, 1.807) is 11.3 Å². The topological polar surface area (TPSA) is 113 Å². The molecule has 2 rings (SSSR count). The third-order valence-electron chi connectivity index (χ3n) is 3.09. The molecule has 0 aliphatic rings. The van der Waals surface area contributed by atoms with Crippen LogP contribution in [0.15, 0.2) is 35.7 Å². The number of nitro benzene ring substituents is 1. The minimum atomic E-state index is -0.616. The molecular formula is C15H15ClN4O4S. The molecule has 0 saturated carbocycles. The van der Waals surface area contributed by atoms with E-state index >= 15 is 0 Å². The highest BCUT2D eigenvalue weighted by molar-refractivity contribution is 7.09. The first kappa shape index (κ1) is 18.7. The zero-order chi connectivity index (χ0) is 18.2. The second-order valence-electron chi connectivity index (χ2n) is 4.91. The van der Waals surface area contributed by atoms with Crippen LogP contribution < -0.4 is 16.0 Å². The van der Waals surface area contributed by atoms with Crippen LogP contribution in [0.4, 0.5) is 16.2 Å². The molecule has 1 heterocycles. The molecule has 0 saturated heterocycles. The lowest BCUT2D eigenvalue weighted by atomic mass is 10.3. The molecule has 10 heteroatoms. The molecule has 0 unspecified atom stereocenters. The second-order valence-corrected chi connectivity index (χ2v) is 6.35. The van der Waals surface area contributed by atoms with Crippen molar-refractivity contribution in [1.82, 2.24) is 10.6 Å². The van der Waals surface area contributed by atoms with E-state index in [9.17, 15) is 19.7 Å². The van der Waals surface area contributed by atoms with Crippen LogP contribution in [0.3, 0.4) is 0 Å². The molecule has 0 atom stereocenters. The van der Waals surface area contributed by atoms with E-state index in [2.05, 4.69) is 16.0 Å². The van der Waals surface area contributed by atoms with Crippen LogP contribution in [0, 0.1) is 10.1 Å². The standard InChI is InChI=1S/C15H15ClN4O4S/c16-12-4-3-10(8-13(12)20(23)24)18-9-14(21)19-15(22)17-6-5-11-2-1-7-25-11/h1-4,7-8,18H,5-6,9H2,(H2,17,19,21,22). The average molecular weight is 383 g/mol. The fourth-order valence-electron chi connectivity index (χ4n) is 1.91. The van der Waals surface area contributed by atoms with Gasteiger partial charge in [0, 0.05) is 23.2 Å². The van der Waals surface area contributed by atoms with Crippen molar-refractivity contribution in [3.8, 4) is 0 Å². The largest absolute Gasteiger partial charge is 0.376 e. The molecule has 3 N–H and O–H groups in total. The molecule has 0 bridgehead atoms. The monoisotopic (exact) mass is 382 g/mol. The molecule has 2 aromatic rings. The number of rotatable bonds is 7. The molecule has 132 valence electrons. The number of benzene rings is 1. The second kappa shape index (κ2) is 9.00. The van der Waals surface area contributed by atoms with Crippen LogP contribution in [0.2, 0.25) is 5.02 Å². The van der Waals surface area contributed by atoms with Crippen LogP contribution in [-0.2, 0) is 11.2 Å². The van der Waals surface area contributed by atoms with Crippen LogP contribution in [0.5, 0.6) is 0 Å². The van der Waals surface area contributed by atoms with Crippen molar-refractivity contribution in [2.75, 3.05) is 18.4 Å². The molecule has 8 nitrogen and oxygen atoms in total. The number of anilines is 1. The Kier molecular flexibility index (Phi) is 6.72. The third kappa shape index (κ3) is 6.05. The Morgan fingerprint density at radius 2 is 2.08 bits per heavy atom. The fraction of sp³-hybridized carbons (Fsp3) is 0.200. The Hall–Kier alpha value is -2.65. The third-order valence-corrected chi connectivity index (χ3v) is 4.34. The summed E-state index contributed by atoms with van der Waals surface area (Å²) < 4.78 is 0. The van der Waals surface area contributed by atoms with E-state index in [1.165, 1.54) is 18.2 Å². The Bertz CT molecular complexity index is 767. The van der Waals surface area contributed by atoms with Gasteiger partial charge in [-0.15, -0.1) is 11.3 Å². The Morgan fingerprint density at radius 1 is 1.28 bits per heavy atom. The average Bonchev–Trinajstić information content (AvgIpc) is 3.07. The first-order chi connectivity index (χ1) is 12.0. The number of nitrogens with zero attached hydrogens (tertiary/aromatic N) is 1. The van der Waals surface area contributed by atoms with Crippen molar-refractivity contribution < 1.29 is 14.5 Å². The van der Waals surface area contributed by atoms with E-state index in [4.69, 9.17) is 11.6 Å². The number of hydrogen-bond donors (Lipinski definition) is 3. The Morgan fingerprint density at radius 3 is 2.76 bits per heavy atom. The molecule has 0 radical (unpaired) electrons. The maximum Gasteiger partial charge on any atom is 0.321 e. The molecule has 25 heavy (non-hydrogen) atoms. The van der Waals surface area contributed by atoms with Gasteiger partial charge < -0.3 is 10.6 Å². The van der Waals surface area contributed by atoms with Crippen molar-refractivity contribution in [2.24, 2.45) is 0 Å². The Balaban J connectivity index is 1.73. The lowest BCUT2D eigenvalue weighted by molar-refractivity contribution is -0.384. The van der Waals surface area contributed by atoms with Gasteiger partial charge in [0.15, 0.2) is 0 Å². The number of hydrogen-bond acceptors (Lipinski definition) is 6. The summed E-state index contributed by atoms with van der Waals surface area (Å²) in [6.45, 7) is 0.202. The molecule has 0 aliphatic heterocycles. The minimum Gasteiger partial charge on any atom is -0.376 e. The lowest BCUT2D eigenvalue weighted by Crippen LogP contribution is -2.42. The molecule has 0 fully saturated rings. The highest BCUT2D eigenvalue weighted by Crippen LogP contribution is 2.27. The maximum absolute atomic E-state index is 11.7. The Labute approximate surface area is 152 Å². The highest BCUT2D eigenvalue weighted by atomic mass is 35.5. The van der Waals surface area contributed by atoms with Crippen LogP contribution in [0.25, 0.3) is 0 Å². The maximum atomic E-state index is 11.7. The first-order valence-corrected chi connectivity index (χ1v) is 8.49. The number of amides is 3. The van der Waals surface area contributed by atoms with Crippen LogP contribution >= 0.6 is 22.9 Å².